The first-order valence-electron chi connectivity index (χ1n) is 6.22. The number of aromatic hydroxyl groups is 2. The van der Waals surface area contributed by atoms with Crippen molar-refractivity contribution in [1.29, 1.82) is 0 Å². The summed E-state index contributed by atoms with van der Waals surface area (Å²) in [6, 6.07) is 9.39. The standard InChI is InChI=1S/C15H13Cl2NO3/c16-11-3-1-2-10(14(11)17)15(21)18-7-6-9-4-5-12(19)13(20)8-9/h1-5,8,19-20H,6-7H2,(H,18,21). The molecule has 3 N–H and O–H groups in total. The Morgan fingerprint density at radius 1 is 1.10 bits per heavy atom. The Labute approximate surface area is 131 Å². The van der Waals surface area contributed by atoms with Gasteiger partial charge in [-0.3, -0.25) is 4.79 Å². The van der Waals surface area contributed by atoms with Gasteiger partial charge in [0.25, 0.3) is 5.91 Å². The van der Waals surface area contributed by atoms with Gasteiger partial charge < -0.3 is 15.5 Å². The zero-order chi connectivity index (χ0) is 15.4. The van der Waals surface area contributed by atoms with Gasteiger partial charge in [-0.05, 0) is 36.2 Å². The summed E-state index contributed by atoms with van der Waals surface area (Å²) in [5, 5.41) is 21.9. The quantitative estimate of drug-likeness (QED) is 0.755. The zero-order valence-corrected chi connectivity index (χ0v) is 12.4. The average molecular weight is 326 g/mol. The number of carbonyl (C=O) groups is 1. The molecule has 0 bridgehead atoms. The molecule has 0 spiro atoms. The summed E-state index contributed by atoms with van der Waals surface area (Å²) >= 11 is 11.8. The molecular weight excluding hydrogens is 313 g/mol. The lowest BCUT2D eigenvalue weighted by Crippen LogP contribution is -2.26. The second kappa shape index (κ2) is 6.70. The van der Waals surface area contributed by atoms with Crippen LogP contribution in [0.1, 0.15) is 15.9 Å². The van der Waals surface area contributed by atoms with E-state index in [-0.39, 0.29) is 22.4 Å². The summed E-state index contributed by atoms with van der Waals surface area (Å²) < 4.78 is 0. The fraction of sp³-hybridized carbons (Fsp3) is 0.133. The fourth-order valence-electron chi connectivity index (χ4n) is 1.82. The van der Waals surface area contributed by atoms with Gasteiger partial charge in [-0.2, -0.15) is 0 Å². The van der Waals surface area contributed by atoms with Crippen molar-refractivity contribution in [3.8, 4) is 11.5 Å². The van der Waals surface area contributed by atoms with Crippen LogP contribution in [0.5, 0.6) is 11.5 Å². The first-order chi connectivity index (χ1) is 9.99. The highest BCUT2D eigenvalue weighted by atomic mass is 35.5. The monoisotopic (exact) mass is 325 g/mol. The number of hydrogen-bond donors (Lipinski definition) is 3. The molecule has 0 aliphatic rings. The largest absolute Gasteiger partial charge is 0.504 e. The molecule has 2 aromatic rings. The Balaban J connectivity index is 1.95. The molecule has 0 aromatic heterocycles. The number of hydrogen-bond acceptors (Lipinski definition) is 3. The van der Waals surface area contributed by atoms with E-state index < -0.39 is 0 Å². The van der Waals surface area contributed by atoms with Crippen molar-refractivity contribution in [3.63, 3.8) is 0 Å². The van der Waals surface area contributed by atoms with E-state index in [1.165, 1.54) is 12.1 Å². The van der Waals surface area contributed by atoms with Gasteiger partial charge in [0.05, 0.1) is 15.6 Å². The van der Waals surface area contributed by atoms with Gasteiger partial charge in [-0.15, -0.1) is 0 Å². The van der Waals surface area contributed by atoms with Crippen LogP contribution in [0.25, 0.3) is 0 Å². The highest BCUT2D eigenvalue weighted by molar-refractivity contribution is 6.43. The van der Waals surface area contributed by atoms with Crippen LogP contribution in [0.3, 0.4) is 0 Å². The average Bonchev–Trinajstić information content (AvgIpc) is 2.45. The topological polar surface area (TPSA) is 69.6 Å². The first kappa shape index (κ1) is 15.5. The summed E-state index contributed by atoms with van der Waals surface area (Å²) in [7, 11) is 0. The lowest BCUT2D eigenvalue weighted by molar-refractivity contribution is 0.0954. The normalized spacial score (nSPS) is 10.4. The number of nitrogens with one attached hydrogen (secondary N) is 1. The van der Waals surface area contributed by atoms with Crippen molar-refractivity contribution >= 4 is 29.1 Å². The third kappa shape index (κ3) is 3.80. The second-order valence-corrected chi connectivity index (χ2v) is 5.22. The maximum atomic E-state index is 12.0. The van der Waals surface area contributed by atoms with Crippen LogP contribution < -0.4 is 5.32 Å². The van der Waals surface area contributed by atoms with E-state index in [9.17, 15) is 15.0 Å². The SMILES string of the molecule is O=C(NCCc1ccc(O)c(O)c1)c1cccc(Cl)c1Cl. The van der Waals surface area contributed by atoms with Gasteiger partial charge in [0, 0.05) is 6.54 Å². The number of halogens is 2. The van der Waals surface area contributed by atoms with Crippen LogP contribution in [0, 0.1) is 0 Å². The molecule has 2 rings (SSSR count). The maximum Gasteiger partial charge on any atom is 0.252 e. The minimum absolute atomic E-state index is 0.173. The smallest absolute Gasteiger partial charge is 0.252 e. The van der Waals surface area contributed by atoms with Crippen LogP contribution in [0.4, 0.5) is 0 Å². The lowest BCUT2D eigenvalue weighted by Gasteiger charge is -2.08. The Bertz CT molecular complexity index is 674. The molecule has 1 amide bonds. The molecule has 2 aromatic carbocycles. The van der Waals surface area contributed by atoms with Crippen molar-refractivity contribution < 1.29 is 15.0 Å². The highest BCUT2D eigenvalue weighted by Gasteiger charge is 2.12. The molecule has 0 saturated carbocycles. The summed E-state index contributed by atoms with van der Waals surface area (Å²) in [5.74, 6) is -0.671. The van der Waals surface area contributed by atoms with Gasteiger partial charge in [0.15, 0.2) is 11.5 Å². The van der Waals surface area contributed by atoms with Crippen molar-refractivity contribution in [1.82, 2.24) is 5.32 Å². The molecule has 0 fully saturated rings. The number of phenols is 2. The zero-order valence-electron chi connectivity index (χ0n) is 10.9. The van der Waals surface area contributed by atoms with Gasteiger partial charge in [-0.1, -0.05) is 35.3 Å². The van der Waals surface area contributed by atoms with E-state index in [1.807, 2.05) is 0 Å². The summed E-state index contributed by atoms with van der Waals surface area (Å²) in [5.41, 5.74) is 1.11. The van der Waals surface area contributed by atoms with Crippen molar-refractivity contribution in [2.75, 3.05) is 6.54 Å². The molecular formula is C15H13Cl2NO3. The number of carbonyl (C=O) groups excluding carboxylic acids is 1. The minimum Gasteiger partial charge on any atom is -0.504 e. The van der Waals surface area contributed by atoms with Gasteiger partial charge >= 0.3 is 0 Å². The number of amides is 1. The van der Waals surface area contributed by atoms with Gasteiger partial charge in [0.1, 0.15) is 0 Å². The first-order valence-corrected chi connectivity index (χ1v) is 6.97. The predicted octanol–water partition coefficient (Wildman–Crippen LogP) is 3.38. The molecule has 0 atom stereocenters. The Kier molecular flexibility index (Phi) is 4.94. The third-order valence-electron chi connectivity index (χ3n) is 2.94. The highest BCUT2D eigenvalue weighted by Crippen LogP contribution is 2.26. The van der Waals surface area contributed by atoms with Crippen LogP contribution in [-0.2, 0) is 6.42 Å². The molecule has 6 heteroatoms. The van der Waals surface area contributed by atoms with E-state index >= 15 is 0 Å². The van der Waals surface area contributed by atoms with E-state index in [4.69, 9.17) is 23.2 Å². The molecule has 0 unspecified atom stereocenters. The van der Waals surface area contributed by atoms with Crippen LogP contribution >= 0.6 is 23.2 Å². The fourth-order valence-corrected chi connectivity index (χ4v) is 2.21. The summed E-state index contributed by atoms with van der Waals surface area (Å²) in [6.45, 7) is 0.367. The predicted molar refractivity (Wildman–Crippen MR) is 82.3 cm³/mol. The Morgan fingerprint density at radius 3 is 2.57 bits per heavy atom. The molecule has 4 nitrogen and oxygen atoms in total. The van der Waals surface area contributed by atoms with E-state index in [2.05, 4.69) is 5.32 Å². The summed E-state index contributed by atoms with van der Waals surface area (Å²) in [4.78, 5) is 12.0. The van der Waals surface area contributed by atoms with Gasteiger partial charge in [-0.25, -0.2) is 0 Å². The molecule has 110 valence electrons. The van der Waals surface area contributed by atoms with Crippen LogP contribution in [0.15, 0.2) is 36.4 Å². The second-order valence-electron chi connectivity index (χ2n) is 4.43. The van der Waals surface area contributed by atoms with E-state index in [1.54, 1.807) is 24.3 Å². The number of rotatable bonds is 4. The van der Waals surface area contributed by atoms with Crippen LogP contribution in [0.2, 0.25) is 10.0 Å². The minimum atomic E-state index is -0.314. The molecule has 0 aliphatic carbocycles. The third-order valence-corrected chi connectivity index (χ3v) is 3.75. The van der Waals surface area contributed by atoms with Crippen LogP contribution in [-0.4, -0.2) is 22.7 Å². The maximum absolute atomic E-state index is 12.0. The molecule has 0 aliphatic heterocycles. The van der Waals surface area contributed by atoms with E-state index in [0.29, 0.717) is 23.6 Å². The number of phenolic OH excluding ortho intramolecular Hbond substituents is 2. The Hall–Kier alpha value is -1.91. The lowest BCUT2D eigenvalue weighted by atomic mass is 10.1. The molecule has 0 heterocycles. The molecule has 21 heavy (non-hydrogen) atoms. The Morgan fingerprint density at radius 2 is 1.86 bits per heavy atom. The molecule has 0 radical (unpaired) electrons. The molecule has 0 saturated heterocycles. The van der Waals surface area contributed by atoms with Gasteiger partial charge in [0.2, 0.25) is 0 Å². The van der Waals surface area contributed by atoms with Crippen molar-refractivity contribution in [2.24, 2.45) is 0 Å². The van der Waals surface area contributed by atoms with Crippen molar-refractivity contribution in [2.45, 2.75) is 6.42 Å². The number of benzene rings is 2. The van der Waals surface area contributed by atoms with Crippen molar-refractivity contribution in [3.05, 3.63) is 57.6 Å². The summed E-state index contributed by atoms with van der Waals surface area (Å²) in [6.07, 6.45) is 0.512. The van der Waals surface area contributed by atoms with E-state index in [0.717, 1.165) is 5.56 Å².